The molecule has 2 heterocycles. The van der Waals surface area contributed by atoms with E-state index in [4.69, 9.17) is 5.73 Å². The van der Waals surface area contributed by atoms with Gasteiger partial charge in [0.25, 0.3) is 0 Å². The summed E-state index contributed by atoms with van der Waals surface area (Å²) >= 11 is 0. The fourth-order valence-corrected chi connectivity index (χ4v) is 6.47. The molecule has 0 aliphatic carbocycles. The number of likely N-dealkylation sites (tertiary alicyclic amines) is 1. The molecular formula is C19H27N3O6S. The molecule has 0 aromatic heterocycles. The van der Waals surface area contributed by atoms with Gasteiger partial charge in [-0.2, -0.15) is 0 Å². The molecule has 2 unspecified atom stereocenters. The van der Waals surface area contributed by atoms with Gasteiger partial charge in [0, 0.05) is 19.6 Å². The van der Waals surface area contributed by atoms with Gasteiger partial charge in [0.15, 0.2) is 5.60 Å². The van der Waals surface area contributed by atoms with E-state index in [0.717, 1.165) is 10.5 Å². The highest BCUT2D eigenvalue weighted by atomic mass is 32.2. The molecule has 2 aliphatic rings. The Morgan fingerprint density at radius 1 is 1.17 bits per heavy atom. The molecule has 4 N–H and O–H groups in total. The van der Waals surface area contributed by atoms with Gasteiger partial charge in [-0.3, -0.25) is 0 Å². The molecule has 0 radical (unpaired) electrons. The van der Waals surface area contributed by atoms with Crippen LogP contribution in [0.4, 0.5) is 4.79 Å². The van der Waals surface area contributed by atoms with E-state index in [-0.39, 0.29) is 32.0 Å². The Labute approximate surface area is 170 Å². The maximum atomic E-state index is 13.2. The molecule has 2 fully saturated rings. The van der Waals surface area contributed by atoms with Crippen LogP contribution in [0.3, 0.4) is 0 Å². The van der Waals surface area contributed by atoms with Gasteiger partial charge in [-0.25, -0.2) is 22.3 Å². The van der Waals surface area contributed by atoms with Gasteiger partial charge < -0.3 is 20.8 Å². The summed E-state index contributed by atoms with van der Waals surface area (Å²) in [4.78, 5) is 24.1. The molecule has 2 amide bonds. The summed E-state index contributed by atoms with van der Waals surface area (Å²) < 4.78 is 27.7. The van der Waals surface area contributed by atoms with Crippen LogP contribution in [0.15, 0.2) is 24.3 Å². The van der Waals surface area contributed by atoms with Crippen LogP contribution in [0.25, 0.3) is 0 Å². The molecule has 0 spiro atoms. The summed E-state index contributed by atoms with van der Waals surface area (Å²) in [6, 6.07) is 7.23. The van der Waals surface area contributed by atoms with E-state index in [1.165, 1.54) is 9.87 Å². The third kappa shape index (κ3) is 4.10. The Kier molecular flexibility index (Phi) is 5.88. The highest BCUT2D eigenvalue weighted by Crippen LogP contribution is 2.34. The Morgan fingerprint density at radius 2 is 1.83 bits per heavy atom. The number of rotatable bonds is 4. The van der Waals surface area contributed by atoms with E-state index in [1.54, 1.807) is 0 Å². The lowest BCUT2D eigenvalue weighted by atomic mass is 9.89. The Hall–Kier alpha value is -2.17. The highest BCUT2D eigenvalue weighted by Gasteiger charge is 2.56. The summed E-state index contributed by atoms with van der Waals surface area (Å²) in [5.74, 6) is -1.44. The molecule has 0 bridgehead atoms. The van der Waals surface area contributed by atoms with Crippen molar-refractivity contribution in [3.63, 3.8) is 0 Å². The van der Waals surface area contributed by atoms with Crippen LogP contribution >= 0.6 is 0 Å². The number of carbonyl (C=O) groups excluding carboxylic acids is 1. The number of carboxylic acids is 1. The quantitative estimate of drug-likeness (QED) is 0.640. The number of aliphatic carboxylic acids is 1. The number of hydrogen-bond donors (Lipinski definition) is 3. The predicted octanol–water partition coefficient (Wildman–Crippen LogP) is 0.473. The second kappa shape index (κ2) is 7.92. The number of urea groups is 1. The van der Waals surface area contributed by atoms with Crippen molar-refractivity contribution in [1.29, 1.82) is 0 Å². The Balaban J connectivity index is 1.76. The summed E-state index contributed by atoms with van der Waals surface area (Å²) in [6.45, 7) is 1.85. The number of nitrogens with zero attached hydrogens (tertiary/aromatic N) is 2. The molecule has 0 saturated carbocycles. The molecule has 160 valence electrons. The summed E-state index contributed by atoms with van der Waals surface area (Å²) in [5, 5.41) is 18.7. The number of sulfonamides is 1. The van der Waals surface area contributed by atoms with E-state index in [2.05, 4.69) is 6.07 Å². The number of nitrogens with two attached hydrogens (primary N) is 1. The number of aryl methyl sites for hydroxylation is 1. The molecule has 2 aliphatic heterocycles. The fraction of sp³-hybridized carbons (Fsp3) is 0.579. The second-order valence-electron chi connectivity index (χ2n) is 7.90. The number of amides is 2. The van der Waals surface area contributed by atoms with Crippen molar-refractivity contribution in [3.05, 3.63) is 35.4 Å². The first-order chi connectivity index (χ1) is 13.6. The smallest absolute Gasteiger partial charge is 0.339 e. The number of carboxylic acid groups (broad SMARTS) is 1. The van der Waals surface area contributed by atoms with Crippen molar-refractivity contribution in [1.82, 2.24) is 9.21 Å². The van der Waals surface area contributed by atoms with Crippen molar-refractivity contribution in [3.8, 4) is 0 Å². The van der Waals surface area contributed by atoms with Crippen LogP contribution in [-0.2, 0) is 14.8 Å². The van der Waals surface area contributed by atoms with Crippen molar-refractivity contribution < 1.29 is 28.2 Å². The van der Waals surface area contributed by atoms with Crippen molar-refractivity contribution >= 4 is 22.0 Å². The van der Waals surface area contributed by atoms with Gasteiger partial charge in [-0.1, -0.05) is 29.8 Å². The van der Waals surface area contributed by atoms with E-state index < -0.39 is 39.4 Å². The first kappa shape index (κ1) is 21.5. The van der Waals surface area contributed by atoms with Crippen molar-refractivity contribution in [2.45, 2.75) is 43.0 Å². The average molecular weight is 426 g/mol. The van der Waals surface area contributed by atoms with E-state index in [0.29, 0.717) is 12.8 Å². The molecule has 9 nitrogen and oxygen atoms in total. The van der Waals surface area contributed by atoms with E-state index in [9.17, 15) is 28.2 Å². The number of piperidine rings is 2. The minimum Gasteiger partial charge on any atom is -0.479 e. The highest BCUT2D eigenvalue weighted by molar-refractivity contribution is 7.89. The zero-order valence-electron chi connectivity index (χ0n) is 16.3. The average Bonchev–Trinajstić information content (AvgIpc) is 2.67. The molecular weight excluding hydrogens is 398 g/mol. The lowest BCUT2D eigenvalue weighted by molar-refractivity contribution is -0.162. The van der Waals surface area contributed by atoms with Gasteiger partial charge in [0.2, 0.25) is 10.0 Å². The SMILES string of the molecule is Cc1cccc(C2CCN(S(=O)(=O)C3CCN(C(N)=O)CC3(O)C(=O)O)CC2)c1. The monoisotopic (exact) mass is 425 g/mol. The van der Waals surface area contributed by atoms with Crippen LogP contribution in [0, 0.1) is 6.92 Å². The lowest BCUT2D eigenvalue weighted by Crippen LogP contribution is -2.66. The molecule has 3 rings (SSSR count). The number of carbonyl (C=O) groups is 2. The second-order valence-corrected chi connectivity index (χ2v) is 10.0. The van der Waals surface area contributed by atoms with Crippen LogP contribution in [0.2, 0.25) is 0 Å². The van der Waals surface area contributed by atoms with Crippen molar-refractivity contribution in [2.24, 2.45) is 5.73 Å². The number of hydrogen-bond acceptors (Lipinski definition) is 5. The Morgan fingerprint density at radius 3 is 2.38 bits per heavy atom. The third-order valence-corrected chi connectivity index (χ3v) is 8.42. The predicted molar refractivity (Wildman–Crippen MR) is 106 cm³/mol. The van der Waals surface area contributed by atoms with E-state index >= 15 is 0 Å². The molecule has 1 aromatic carbocycles. The third-order valence-electron chi connectivity index (χ3n) is 5.99. The molecule has 2 atom stereocenters. The summed E-state index contributed by atoms with van der Waals surface area (Å²) in [5.41, 5.74) is 4.90. The zero-order chi connectivity index (χ0) is 21.4. The normalized spacial score (nSPS) is 27.0. The standard InChI is InChI=1S/C19H27N3O6S/c1-13-3-2-4-15(11-13)14-5-9-22(10-6-14)29(27,28)16-7-8-21(18(20)25)12-19(16,26)17(23)24/h2-4,11,14,16,26H,5-10,12H2,1H3,(H2,20,25)(H,23,24). The van der Waals surface area contributed by atoms with Gasteiger partial charge in [-0.15, -0.1) is 0 Å². The van der Waals surface area contributed by atoms with Gasteiger partial charge in [0.1, 0.15) is 5.25 Å². The first-order valence-corrected chi connectivity index (χ1v) is 11.1. The maximum absolute atomic E-state index is 13.2. The number of aliphatic hydroxyl groups is 1. The minimum atomic E-state index is -4.08. The van der Waals surface area contributed by atoms with Gasteiger partial charge >= 0.3 is 12.0 Å². The molecule has 10 heteroatoms. The summed E-state index contributed by atoms with van der Waals surface area (Å²) in [7, 11) is -4.08. The number of β-amino-alcohol motifs (C(OH)–C–C–N with tert-alkyl or cyclic N) is 1. The largest absolute Gasteiger partial charge is 0.479 e. The van der Waals surface area contributed by atoms with Gasteiger partial charge in [-0.05, 0) is 37.7 Å². The van der Waals surface area contributed by atoms with Crippen molar-refractivity contribution in [2.75, 3.05) is 26.2 Å². The van der Waals surface area contributed by atoms with Crippen LogP contribution in [0.5, 0.6) is 0 Å². The number of primary amides is 1. The van der Waals surface area contributed by atoms with Crippen LogP contribution in [0.1, 0.15) is 36.3 Å². The molecule has 1 aromatic rings. The topological polar surface area (TPSA) is 141 Å². The first-order valence-electron chi connectivity index (χ1n) is 9.61. The molecule has 2 saturated heterocycles. The molecule has 29 heavy (non-hydrogen) atoms. The van der Waals surface area contributed by atoms with E-state index in [1.807, 2.05) is 25.1 Å². The van der Waals surface area contributed by atoms with Crippen LogP contribution in [-0.4, -0.2) is 76.9 Å². The maximum Gasteiger partial charge on any atom is 0.339 e. The lowest BCUT2D eigenvalue weighted by Gasteiger charge is -2.43. The van der Waals surface area contributed by atoms with Gasteiger partial charge in [0.05, 0.1) is 6.54 Å². The van der Waals surface area contributed by atoms with Crippen LogP contribution < -0.4 is 5.73 Å². The fourth-order valence-electron chi connectivity index (χ4n) is 4.32. The minimum absolute atomic E-state index is 0.0193. The zero-order valence-corrected chi connectivity index (χ0v) is 17.1. The number of benzene rings is 1. The summed E-state index contributed by atoms with van der Waals surface area (Å²) in [6.07, 6.45) is 1.05. The Bertz CT molecular complexity index is 897.